The number of amides is 1. The molecule has 0 bridgehead atoms. The third-order valence-electron chi connectivity index (χ3n) is 5.67. The van der Waals surface area contributed by atoms with Gasteiger partial charge in [-0.05, 0) is 23.1 Å². The number of halogens is 1. The monoisotopic (exact) mass is 452 g/mol. The predicted molar refractivity (Wildman–Crippen MR) is 117 cm³/mol. The number of carbonyl (C=O) groups excluding carboxylic acids is 2. The second-order valence-electron chi connectivity index (χ2n) is 7.59. The topological polar surface area (TPSA) is 112 Å². The van der Waals surface area contributed by atoms with E-state index in [0.717, 1.165) is 11.3 Å². The number of carbonyl (C=O) groups is 3. The number of carboxylic acids is 1. The van der Waals surface area contributed by atoms with Crippen LogP contribution in [0.5, 0.6) is 5.75 Å². The van der Waals surface area contributed by atoms with Crippen LogP contribution < -0.4 is 10.5 Å². The Morgan fingerprint density at radius 3 is 2.81 bits per heavy atom. The van der Waals surface area contributed by atoms with Gasteiger partial charge in [0.2, 0.25) is 0 Å². The van der Waals surface area contributed by atoms with Gasteiger partial charge in [-0.15, -0.1) is 11.3 Å². The zero-order chi connectivity index (χ0) is 22.6. The second kappa shape index (κ2) is 7.45. The van der Waals surface area contributed by atoms with Gasteiger partial charge in [0.25, 0.3) is 5.91 Å². The van der Waals surface area contributed by atoms with Crippen molar-refractivity contribution < 1.29 is 28.6 Å². The van der Waals surface area contributed by atoms with E-state index in [1.54, 1.807) is 29.7 Å². The molecule has 32 heavy (non-hydrogen) atoms. The Labute approximate surface area is 185 Å². The van der Waals surface area contributed by atoms with Crippen molar-refractivity contribution in [1.82, 2.24) is 4.57 Å². The molecular weight excluding hydrogens is 435 g/mol. The van der Waals surface area contributed by atoms with E-state index >= 15 is 0 Å². The first-order chi connectivity index (χ1) is 15.4. The second-order valence-corrected chi connectivity index (χ2v) is 8.50. The summed E-state index contributed by atoms with van der Waals surface area (Å²) in [6.07, 6.45) is 5.49. The molecule has 0 atom stereocenters. The fraction of sp³-hybridized carbons (Fsp3) is 0.174. The number of allylic oxidation sites excluding steroid dienone is 4. The van der Waals surface area contributed by atoms with Crippen LogP contribution >= 0.6 is 11.3 Å². The Morgan fingerprint density at radius 2 is 2.12 bits per heavy atom. The number of hydrogen-bond donors (Lipinski definition) is 2. The Hall–Kier alpha value is -3.72. The van der Waals surface area contributed by atoms with Crippen molar-refractivity contribution in [3.8, 4) is 5.75 Å². The van der Waals surface area contributed by atoms with E-state index in [2.05, 4.69) is 0 Å². The lowest BCUT2D eigenvalue weighted by atomic mass is 9.92. The Balaban J connectivity index is 1.84. The molecule has 1 aromatic carbocycles. The average molecular weight is 452 g/mol. The molecule has 0 radical (unpaired) electrons. The maximum Gasteiger partial charge on any atom is 0.353 e. The molecule has 0 spiro atoms. The minimum Gasteiger partial charge on any atom is -0.492 e. The molecule has 5 rings (SSSR count). The lowest BCUT2D eigenvalue weighted by molar-refractivity contribution is -0.113. The maximum absolute atomic E-state index is 14.9. The van der Waals surface area contributed by atoms with Crippen LogP contribution in [0.2, 0.25) is 0 Å². The van der Waals surface area contributed by atoms with Crippen molar-refractivity contribution in [2.45, 2.75) is 19.4 Å². The van der Waals surface area contributed by atoms with Gasteiger partial charge in [-0.2, -0.15) is 0 Å². The van der Waals surface area contributed by atoms with Gasteiger partial charge in [0.15, 0.2) is 5.78 Å². The Bertz CT molecular complexity index is 1400. The van der Waals surface area contributed by atoms with Crippen molar-refractivity contribution in [2.24, 2.45) is 5.73 Å². The highest BCUT2D eigenvalue weighted by atomic mass is 32.1. The minimum absolute atomic E-state index is 0.0530. The maximum atomic E-state index is 14.9. The number of aromatic carboxylic acids is 1. The predicted octanol–water partition coefficient (Wildman–Crippen LogP) is 3.53. The number of rotatable bonds is 5. The highest BCUT2D eigenvalue weighted by molar-refractivity contribution is 7.12. The molecule has 3 N–H and O–H groups in total. The summed E-state index contributed by atoms with van der Waals surface area (Å²) in [5.74, 6) is -2.27. The van der Waals surface area contributed by atoms with Crippen molar-refractivity contribution in [3.05, 3.63) is 68.8 Å². The molecule has 7 nitrogen and oxygen atoms in total. The van der Waals surface area contributed by atoms with E-state index in [1.165, 1.54) is 10.6 Å². The quantitative estimate of drug-likeness (QED) is 0.615. The van der Waals surface area contributed by atoms with Gasteiger partial charge in [-0.25, -0.2) is 9.18 Å². The number of ether oxygens (including phenoxy) is 1. The average Bonchev–Trinajstić information content (AvgIpc) is 3.47. The molecule has 0 fully saturated rings. The summed E-state index contributed by atoms with van der Waals surface area (Å²) in [5, 5.41) is 12.3. The standard InChI is InChI=1S/C23H17FN2O5S/c24-14-8-15-19(21-12(14)5-6-31-21)18(13-3-1-2-4-16(13)27)20(23(29)30)26(15)9-11-7-17(22(25)28)32-10-11/h1-3,7-8,10H,4-6,9H2,(H2,25,28)(H,29,30). The number of hydrogen-bond acceptors (Lipinski definition) is 5. The van der Waals surface area contributed by atoms with E-state index < -0.39 is 17.7 Å². The summed E-state index contributed by atoms with van der Waals surface area (Å²) in [7, 11) is 0. The minimum atomic E-state index is -1.25. The van der Waals surface area contributed by atoms with Gasteiger partial charge in [0.1, 0.15) is 17.3 Å². The number of aromatic nitrogens is 1. The molecule has 2 aromatic heterocycles. The first-order valence-corrected chi connectivity index (χ1v) is 10.8. The fourth-order valence-electron chi connectivity index (χ4n) is 4.31. The van der Waals surface area contributed by atoms with Crippen molar-refractivity contribution in [1.29, 1.82) is 0 Å². The molecule has 3 aromatic rings. The molecule has 1 aliphatic heterocycles. The number of nitrogens with two attached hydrogens (primary N) is 1. The van der Waals surface area contributed by atoms with Crippen LogP contribution in [0.25, 0.3) is 16.5 Å². The summed E-state index contributed by atoms with van der Waals surface area (Å²) in [4.78, 5) is 37.0. The Morgan fingerprint density at radius 1 is 1.31 bits per heavy atom. The lowest BCUT2D eigenvalue weighted by Crippen LogP contribution is -2.13. The molecule has 0 saturated carbocycles. The molecule has 1 amide bonds. The smallest absolute Gasteiger partial charge is 0.353 e. The van der Waals surface area contributed by atoms with Gasteiger partial charge < -0.3 is 20.1 Å². The molecule has 2 aliphatic rings. The van der Waals surface area contributed by atoms with E-state index in [0.29, 0.717) is 33.3 Å². The SMILES string of the molecule is NC(=O)c1cc(Cn2c(C(=O)O)c(C3=CC=CCC3=O)c3c4c(c(F)cc32)CCO4)cs1. The number of thiophene rings is 1. The number of nitrogens with zero attached hydrogens (tertiary/aromatic N) is 1. The summed E-state index contributed by atoms with van der Waals surface area (Å²) < 4.78 is 22.1. The van der Waals surface area contributed by atoms with E-state index in [1.807, 2.05) is 0 Å². The van der Waals surface area contributed by atoms with Crippen LogP contribution in [0.1, 0.15) is 43.3 Å². The zero-order valence-electron chi connectivity index (χ0n) is 16.7. The van der Waals surface area contributed by atoms with Crippen LogP contribution in [0.3, 0.4) is 0 Å². The molecule has 9 heteroatoms. The number of benzene rings is 1. The summed E-state index contributed by atoms with van der Waals surface area (Å²) in [6, 6.07) is 2.88. The van der Waals surface area contributed by atoms with E-state index in [9.17, 15) is 23.9 Å². The van der Waals surface area contributed by atoms with Crippen LogP contribution in [0.15, 0.2) is 35.7 Å². The first kappa shape index (κ1) is 20.2. The largest absolute Gasteiger partial charge is 0.492 e. The third kappa shape index (κ3) is 3.04. The van der Waals surface area contributed by atoms with Crippen LogP contribution in [-0.4, -0.2) is 33.9 Å². The number of Topliss-reactive ketones (excluding diaryl/α,β-unsaturated/α-hetero) is 1. The molecule has 0 unspecified atom stereocenters. The number of fused-ring (bicyclic) bond motifs is 3. The van der Waals surface area contributed by atoms with Crippen molar-refractivity contribution >= 4 is 45.5 Å². The van der Waals surface area contributed by atoms with Crippen molar-refractivity contribution in [2.75, 3.05) is 6.61 Å². The van der Waals surface area contributed by atoms with Crippen LogP contribution in [0.4, 0.5) is 4.39 Å². The molecule has 1 aliphatic carbocycles. The van der Waals surface area contributed by atoms with E-state index in [4.69, 9.17) is 10.5 Å². The fourth-order valence-corrected chi connectivity index (χ4v) is 5.07. The number of carboxylic acid groups (broad SMARTS) is 1. The molecule has 0 saturated heterocycles. The van der Waals surface area contributed by atoms with E-state index in [-0.39, 0.29) is 47.9 Å². The molecule has 162 valence electrons. The van der Waals surface area contributed by atoms with Gasteiger partial charge in [0, 0.05) is 36.1 Å². The van der Waals surface area contributed by atoms with Crippen molar-refractivity contribution in [3.63, 3.8) is 0 Å². The normalized spacial score (nSPS) is 15.0. The van der Waals surface area contributed by atoms with Crippen LogP contribution in [-0.2, 0) is 17.8 Å². The zero-order valence-corrected chi connectivity index (χ0v) is 17.5. The highest BCUT2D eigenvalue weighted by Crippen LogP contribution is 2.44. The first-order valence-electron chi connectivity index (χ1n) is 9.88. The van der Waals surface area contributed by atoms with Gasteiger partial charge in [-0.1, -0.05) is 18.2 Å². The summed E-state index contributed by atoms with van der Waals surface area (Å²) in [5.41, 5.74) is 7.01. The van der Waals surface area contributed by atoms with Gasteiger partial charge in [-0.3, -0.25) is 9.59 Å². The highest BCUT2D eigenvalue weighted by Gasteiger charge is 2.33. The third-order valence-corrected chi connectivity index (χ3v) is 6.66. The molecular formula is C23H17FN2O5S. The van der Waals surface area contributed by atoms with Gasteiger partial charge >= 0.3 is 5.97 Å². The Kier molecular flexibility index (Phi) is 4.70. The number of ketones is 1. The lowest BCUT2D eigenvalue weighted by Gasteiger charge is -2.11. The molecule has 3 heterocycles. The summed E-state index contributed by atoms with van der Waals surface area (Å²) in [6.45, 7) is 0.329. The number of primary amides is 1. The summed E-state index contributed by atoms with van der Waals surface area (Å²) >= 11 is 1.15. The van der Waals surface area contributed by atoms with Crippen LogP contribution in [0, 0.1) is 5.82 Å². The van der Waals surface area contributed by atoms with Gasteiger partial charge in [0.05, 0.1) is 22.4 Å².